The number of furan rings is 1. The summed E-state index contributed by atoms with van der Waals surface area (Å²) < 4.78 is 31.8. The van der Waals surface area contributed by atoms with Crippen LogP contribution in [-0.2, 0) is 34.8 Å². The molecule has 3 aliphatic rings. The third kappa shape index (κ3) is 9.41. The molecule has 51 heavy (non-hydrogen) atoms. The van der Waals surface area contributed by atoms with E-state index in [0.717, 1.165) is 19.3 Å². The van der Waals surface area contributed by atoms with Crippen LogP contribution in [0.4, 0.5) is 4.79 Å². The Kier molecular flexibility index (Phi) is 12.2. The molecule has 4 rings (SSSR count). The molecule has 13 nitrogen and oxygen atoms in total. The standard InChI is InChI=1S/C37H53N5O8S/c1-8-10-16-26(29(43)32(45)38-19-9-2)39-31(44)28-27-25(36(27,6)7)21-42(28)33(46)30(35(3,4)5)40-34(47)41-37(17-12-11-13-18-37)23-51(48,49)22-24-15-14-20-50-24/h1,9,14-15,20,25-28,30H,2,10-13,16-19,21-23H2,3-7H3,(H,38,45)(H,39,44)(H2,40,41,47)/t25?,26?,27-,28-,30+/m0/s1. The second-order valence-corrected chi connectivity index (χ2v) is 18.0. The molecule has 1 saturated heterocycles. The van der Waals surface area contributed by atoms with E-state index < -0.39 is 68.5 Å². The van der Waals surface area contributed by atoms with Gasteiger partial charge in [-0.3, -0.25) is 19.2 Å². The number of piperidine rings is 1. The lowest BCUT2D eigenvalue weighted by molar-refractivity contribution is -0.145. The van der Waals surface area contributed by atoms with Crippen LogP contribution in [0.15, 0.2) is 35.5 Å². The number of likely N-dealkylation sites (tertiary alicyclic amines) is 1. The molecular weight excluding hydrogens is 675 g/mol. The molecule has 1 aliphatic heterocycles. The van der Waals surface area contributed by atoms with Gasteiger partial charge in [-0.1, -0.05) is 60.0 Å². The van der Waals surface area contributed by atoms with Gasteiger partial charge in [-0.2, -0.15) is 0 Å². The Balaban J connectivity index is 1.54. The summed E-state index contributed by atoms with van der Waals surface area (Å²) in [7, 11) is -3.68. The van der Waals surface area contributed by atoms with Crippen molar-refractivity contribution in [3.05, 3.63) is 36.8 Å². The Bertz CT molecular complexity index is 1630. The van der Waals surface area contributed by atoms with Crippen molar-refractivity contribution in [1.29, 1.82) is 0 Å². The van der Waals surface area contributed by atoms with Crippen LogP contribution in [0.25, 0.3) is 0 Å². The number of hydrogen-bond acceptors (Lipinski definition) is 8. The van der Waals surface area contributed by atoms with Gasteiger partial charge in [0.2, 0.25) is 17.6 Å². The van der Waals surface area contributed by atoms with Gasteiger partial charge in [0.15, 0.2) is 9.84 Å². The summed E-state index contributed by atoms with van der Waals surface area (Å²) in [6.07, 6.45) is 11.8. The van der Waals surface area contributed by atoms with Crippen LogP contribution in [0, 0.1) is 35.0 Å². The normalized spacial score (nSPS) is 23.1. The van der Waals surface area contributed by atoms with Crippen molar-refractivity contribution in [3.8, 4) is 12.3 Å². The quantitative estimate of drug-likeness (QED) is 0.121. The number of sulfone groups is 1. The Morgan fingerprint density at radius 1 is 1.14 bits per heavy atom. The second kappa shape index (κ2) is 15.6. The minimum absolute atomic E-state index is 0.00673. The van der Waals surface area contributed by atoms with Crippen LogP contribution in [0.3, 0.4) is 0 Å². The third-order valence-corrected chi connectivity index (χ3v) is 12.3. The zero-order valence-electron chi connectivity index (χ0n) is 30.4. The molecule has 0 spiro atoms. The fourth-order valence-corrected chi connectivity index (χ4v) is 9.72. The molecule has 2 heterocycles. The van der Waals surface area contributed by atoms with Crippen LogP contribution >= 0.6 is 0 Å². The van der Waals surface area contributed by atoms with Gasteiger partial charge in [0.05, 0.1) is 23.6 Å². The first-order valence-corrected chi connectivity index (χ1v) is 19.5. The second-order valence-electron chi connectivity index (χ2n) is 15.9. The molecule has 280 valence electrons. The first-order chi connectivity index (χ1) is 23.9. The number of fused-ring (bicyclic) bond motifs is 1. The third-order valence-electron chi connectivity index (χ3n) is 10.6. The summed E-state index contributed by atoms with van der Waals surface area (Å²) in [6.45, 7) is 13.3. The van der Waals surface area contributed by atoms with Crippen LogP contribution in [0.1, 0.15) is 85.3 Å². The van der Waals surface area contributed by atoms with E-state index in [9.17, 15) is 32.4 Å². The topological polar surface area (TPSA) is 184 Å². The van der Waals surface area contributed by atoms with E-state index in [1.54, 1.807) is 32.9 Å². The molecule has 5 amide bonds. The molecule has 1 aromatic heterocycles. The lowest BCUT2D eigenvalue weighted by atomic mass is 9.83. The number of carbonyl (C=O) groups is 5. The average Bonchev–Trinajstić information content (AvgIpc) is 3.45. The number of hydrogen-bond donors (Lipinski definition) is 4. The number of Topliss-reactive ketones (excluding diaryl/α,β-unsaturated/α-hetero) is 1. The maximum Gasteiger partial charge on any atom is 0.315 e. The van der Waals surface area contributed by atoms with E-state index in [0.29, 0.717) is 18.6 Å². The maximum absolute atomic E-state index is 14.4. The minimum atomic E-state index is -3.68. The van der Waals surface area contributed by atoms with E-state index in [-0.39, 0.29) is 54.7 Å². The number of terminal acetylenes is 1. The van der Waals surface area contributed by atoms with Crippen molar-refractivity contribution in [2.75, 3.05) is 18.8 Å². The number of amides is 5. The highest BCUT2D eigenvalue weighted by Crippen LogP contribution is 2.65. The Morgan fingerprint density at radius 3 is 2.41 bits per heavy atom. The van der Waals surface area contributed by atoms with Crippen molar-refractivity contribution in [2.24, 2.45) is 22.7 Å². The fourth-order valence-electron chi connectivity index (χ4n) is 7.82. The maximum atomic E-state index is 14.4. The van der Waals surface area contributed by atoms with Gasteiger partial charge in [-0.05, 0) is 54.1 Å². The first kappa shape index (κ1) is 39.7. The Hall–Kier alpha value is -4.12. The largest absolute Gasteiger partial charge is 0.468 e. The van der Waals surface area contributed by atoms with Crippen LogP contribution in [0.5, 0.6) is 0 Å². The predicted molar refractivity (Wildman–Crippen MR) is 191 cm³/mol. The van der Waals surface area contributed by atoms with E-state index in [2.05, 4.69) is 33.8 Å². The summed E-state index contributed by atoms with van der Waals surface area (Å²) in [4.78, 5) is 69.3. The Labute approximate surface area is 301 Å². The zero-order valence-corrected chi connectivity index (χ0v) is 31.2. The van der Waals surface area contributed by atoms with Crippen molar-refractivity contribution in [1.82, 2.24) is 26.2 Å². The molecule has 2 saturated carbocycles. The highest BCUT2D eigenvalue weighted by Gasteiger charge is 2.70. The van der Waals surface area contributed by atoms with Gasteiger partial charge < -0.3 is 30.6 Å². The van der Waals surface area contributed by atoms with Crippen molar-refractivity contribution in [2.45, 2.75) is 109 Å². The fraction of sp³-hybridized carbons (Fsp3) is 0.649. The van der Waals surface area contributed by atoms with E-state index in [1.165, 1.54) is 17.2 Å². The van der Waals surface area contributed by atoms with E-state index in [4.69, 9.17) is 10.8 Å². The van der Waals surface area contributed by atoms with Crippen LogP contribution < -0.4 is 21.3 Å². The van der Waals surface area contributed by atoms with Crippen molar-refractivity contribution in [3.63, 3.8) is 0 Å². The summed E-state index contributed by atoms with van der Waals surface area (Å²) in [5.41, 5.74) is -2.09. The highest BCUT2D eigenvalue weighted by atomic mass is 32.2. The smallest absolute Gasteiger partial charge is 0.315 e. The van der Waals surface area contributed by atoms with Gasteiger partial charge in [0.25, 0.3) is 5.91 Å². The van der Waals surface area contributed by atoms with Gasteiger partial charge in [0, 0.05) is 19.5 Å². The Morgan fingerprint density at radius 2 is 1.82 bits per heavy atom. The van der Waals surface area contributed by atoms with Crippen LogP contribution in [-0.4, -0.2) is 85.4 Å². The number of rotatable bonds is 15. The van der Waals surface area contributed by atoms with Crippen molar-refractivity contribution >= 4 is 39.4 Å². The minimum Gasteiger partial charge on any atom is -0.468 e. The first-order valence-electron chi connectivity index (χ1n) is 17.6. The number of nitrogens with zero attached hydrogens (tertiary/aromatic N) is 1. The molecule has 2 aliphatic carbocycles. The van der Waals surface area contributed by atoms with Gasteiger partial charge >= 0.3 is 6.03 Å². The monoisotopic (exact) mass is 727 g/mol. The molecule has 1 aromatic rings. The predicted octanol–water partition coefficient (Wildman–Crippen LogP) is 2.86. The van der Waals surface area contributed by atoms with Gasteiger partial charge in [-0.15, -0.1) is 18.9 Å². The molecule has 3 fully saturated rings. The molecule has 14 heteroatoms. The molecular formula is C37H53N5O8S. The molecule has 0 radical (unpaired) electrons. The summed E-state index contributed by atoms with van der Waals surface area (Å²) in [6, 6.07) is -0.697. The van der Waals surface area contributed by atoms with Gasteiger partial charge in [0.1, 0.15) is 23.6 Å². The average molecular weight is 728 g/mol. The summed E-state index contributed by atoms with van der Waals surface area (Å²) >= 11 is 0. The summed E-state index contributed by atoms with van der Waals surface area (Å²) in [5.74, 6) is -0.796. The lowest BCUT2D eigenvalue weighted by Crippen LogP contribution is -2.64. The van der Waals surface area contributed by atoms with Gasteiger partial charge in [-0.25, -0.2) is 13.2 Å². The van der Waals surface area contributed by atoms with Crippen LogP contribution in [0.2, 0.25) is 0 Å². The number of ketones is 1. The number of nitrogens with one attached hydrogen (secondary N) is 4. The SMILES string of the molecule is C#CCCC(NC(=O)[C@@H]1[C@@H]2C(CN1C(=O)[C@@H](NC(=O)NC1(CS(=O)(=O)Cc3ccco3)CCCCC1)C(C)(C)C)C2(C)C)C(=O)C(=O)NCC=C. The lowest BCUT2D eigenvalue weighted by Gasteiger charge is -2.40. The molecule has 2 unspecified atom stereocenters. The number of urea groups is 1. The number of carbonyl (C=O) groups excluding carboxylic acids is 5. The molecule has 5 atom stereocenters. The van der Waals surface area contributed by atoms with Crippen molar-refractivity contribution < 1.29 is 36.8 Å². The van der Waals surface area contributed by atoms with E-state index >= 15 is 0 Å². The van der Waals surface area contributed by atoms with E-state index in [1.807, 2.05) is 13.8 Å². The molecule has 0 bridgehead atoms. The highest BCUT2D eigenvalue weighted by molar-refractivity contribution is 7.90. The molecule has 0 aromatic carbocycles. The summed E-state index contributed by atoms with van der Waals surface area (Å²) in [5, 5.41) is 11.0. The molecule has 4 N–H and O–H groups in total. The zero-order chi connectivity index (χ0) is 37.8.